The minimum Gasteiger partial charge on any atom is -0.329 e. The van der Waals surface area contributed by atoms with Gasteiger partial charge in [0.1, 0.15) is 0 Å². The molecular weight excluding hydrogens is 340 g/mol. The molecule has 0 aliphatic carbocycles. The third-order valence-corrected chi connectivity index (χ3v) is 4.86. The lowest BCUT2D eigenvalue weighted by atomic mass is 9.90. The lowest BCUT2D eigenvalue weighted by Crippen LogP contribution is -2.33. The smallest absolute Gasteiger partial charge is 0.0406 e. The molecule has 2 N–H and O–H groups in total. The summed E-state index contributed by atoms with van der Waals surface area (Å²) in [4.78, 5) is 2.42. The first-order chi connectivity index (χ1) is 12.8. The van der Waals surface area contributed by atoms with Crippen LogP contribution in [0.4, 0.5) is 0 Å². The van der Waals surface area contributed by atoms with Crippen LogP contribution in [0.25, 0.3) is 0 Å². The van der Waals surface area contributed by atoms with Gasteiger partial charge in [0, 0.05) is 37.1 Å². The number of nitrogens with two attached hydrogens (primary N) is 1. The standard InChI is InChI=1S/C23H25ClN2/c24-22-13-11-19(12-14-22)17-26(16-15-25)18-23(20-7-3-1-4-8-20)21-9-5-2-6-10-21/h1-14,23H,15-18,25H2. The van der Waals surface area contributed by atoms with E-state index in [0.29, 0.717) is 12.5 Å². The van der Waals surface area contributed by atoms with Crippen molar-refractivity contribution in [2.75, 3.05) is 19.6 Å². The van der Waals surface area contributed by atoms with Crippen LogP contribution in [0.5, 0.6) is 0 Å². The first-order valence-electron chi connectivity index (χ1n) is 9.03. The molecule has 0 aliphatic heterocycles. The first-order valence-corrected chi connectivity index (χ1v) is 9.41. The molecule has 3 rings (SSSR count). The maximum absolute atomic E-state index is 6.02. The molecule has 0 spiro atoms. The lowest BCUT2D eigenvalue weighted by Gasteiger charge is -2.28. The van der Waals surface area contributed by atoms with E-state index in [1.54, 1.807) is 0 Å². The van der Waals surface area contributed by atoms with Gasteiger partial charge in [0.05, 0.1) is 0 Å². The van der Waals surface area contributed by atoms with E-state index in [2.05, 4.69) is 77.7 Å². The van der Waals surface area contributed by atoms with Crippen molar-refractivity contribution in [2.45, 2.75) is 12.5 Å². The van der Waals surface area contributed by atoms with E-state index in [-0.39, 0.29) is 0 Å². The van der Waals surface area contributed by atoms with Crippen molar-refractivity contribution in [3.8, 4) is 0 Å². The van der Waals surface area contributed by atoms with Crippen LogP contribution >= 0.6 is 11.6 Å². The molecule has 3 aromatic rings. The van der Waals surface area contributed by atoms with E-state index < -0.39 is 0 Å². The average molecular weight is 365 g/mol. The van der Waals surface area contributed by atoms with E-state index in [1.807, 2.05) is 12.1 Å². The molecule has 0 atom stereocenters. The zero-order valence-corrected chi connectivity index (χ0v) is 15.6. The van der Waals surface area contributed by atoms with Crippen LogP contribution in [0.2, 0.25) is 5.02 Å². The minimum absolute atomic E-state index is 0.316. The zero-order chi connectivity index (χ0) is 18.2. The summed E-state index contributed by atoms with van der Waals surface area (Å²) >= 11 is 6.02. The summed E-state index contributed by atoms with van der Waals surface area (Å²) in [7, 11) is 0. The van der Waals surface area contributed by atoms with E-state index in [4.69, 9.17) is 17.3 Å². The van der Waals surface area contributed by atoms with Crippen LogP contribution in [-0.4, -0.2) is 24.5 Å². The van der Waals surface area contributed by atoms with E-state index in [0.717, 1.165) is 24.7 Å². The fourth-order valence-electron chi connectivity index (χ4n) is 3.30. The Kier molecular flexibility index (Phi) is 6.84. The molecule has 0 aliphatic rings. The molecule has 134 valence electrons. The van der Waals surface area contributed by atoms with Gasteiger partial charge in [-0.2, -0.15) is 0 Å². The highest BCUT2D eigenvalue weighted by Gasteiger charge is 2.18. The molecule has 0 saturated carbocycles. The van der Waals surface area contributed by atoms with Crippen molar-refractivity contribution < 1.29 is 0 Å². The third-order valence-electron chi connectivity index (χ3n) is 4.61. The molecule has 26 heavy (non-hydrogen) atoms. The highest BCUT2D eigenvalue weighted by molar-refractivity contribution is 6.30. The number of halogens is 1. The lowest BCUT2D eigenvalue weighted by molar-refractivity contribution is 0.264. The second-order valence-corrected chi connectivity index (χ2v) is 6.96. The second kappa shape index (κ2) is 9.54. The van der Waals surface area contributed by atoms with Crippen molar-refractivity contribution in [1.29, 1.82) is 0 Å². The zero-order valence-electron chi connectivity index (χ0n) is 14.9. The molecule has 0 heterocycles. The van der Waals surface area contributed by atoms with Gasteiger partial charge in [-0.25, -0.2) is 0 Å². The molecule has 3 heteroatoms. The molecule has 0 bridgehead atoms. The quantitative estimate of drug-likeness (QED) is 0.613. The summed E-state index contributed by atoms with van der Waals surface area (Å²) < 4.78 is 0. The van der Waals surface area contributed by atoms with Crippen LogP contribution in [-0.2, 0) is 6.54 Å². The van der Waals surface area contributed by atoms with Crippen LogP contribution in [0.1, 0.15) is 22.6 Å². The molecule has 0 amide bonds. The maximum Gasteiger partial charge on any atom is 0.0406 e. The molecule has 0 radical (unpaired) electrons. The number of rotatable bonds is 8. The van der Waals surface area contributed by atoms with E-state index >= 15 is 0 Å². The Bertz CT molecular complexity index is 733. The monoisotopic (exact) mass is 364 g/mol. The van der Waals surface area contributed by atoms with Gasteiger partial charge in [-0.15, -0.1) is 0 Å². The number of benzene rings is 3. The summed E-state index contributed by atoms with van der Waals surface area (Å²) in [5.74, 6) is 0.316. The Balaban J connectivity index is 1.83. The SMILES string of the molecule is NCCN(Cc1ccc(Cl)cc1)CC(c1ccccc1)c1ccccc1. The Labute approximate surface area is 161 Å². The van der Waals surface area contributed by atoms with Crippen LogP contribution in [0.15, 0.2) is 84.9 Å². The van der Waals surface area contributed by atoms with Crippen molar-refractivity contribution in [2.24, 2.45) is 5.73 Å². The second-order valence-electron chi connectivity index (χ2n) is 6.52. The molecular formula is C23H25ClN2. The highest BCUT2D eigenvalue weighted by Crippen LogP contribution is 2.26. The predicted molar refractivity (Wildman–Crippen MR) is 111 cm³/mol. The van der Waals surface area contributed by atoms with Crippen LogP contribution in [0.3, 0.4) is 0 Å². The van der Waals surface area contributed by atoms with Crippen LogP contribution < -0.4 is 5.73 Å². The fraction of sp³-hybridized carbons (Fsp3) is 0.217. The number of nitrogens with zero attached hydrogens (tertiary/aromatic N) is 1. The molecule has 2 nitrogen and oxygen atoms in total. The summed E-state index contributed by atoms with van der Waals surface area (Å²) in [5.41, 5.74) is 9.81. The first kappa shape index (κ1) is 18.7. The van der Waals surface area contributed by atoms with Gasteiger partial charge in [0.15, 0.2) is 0 Å². The van der Waals surface area contributed by atoms with Crippen molar-refractivity contribution >= 4 is 11.6 Å². The summed E-state index contributed by atoms with van der Waals surface area (Å²) in [6.07, 6.45) is 0. The number of hydrogen-bond donors (Lipinski definition) is 1. The summed E-state index contributed by atoms with van der Waals surface area (Å²) in [6, 6.07) is 29.5. The Morgan fingerprint density at radius 2 is 1.31 bits per heavy atom. The maximum atomic E-state index is 6.02. The average Bonchev–Trinajstić information content (AvgIpc) is 2.69. The third kappa shape index (κ3) is 5.18. The largest absolute Gasteiger partial charge is 0.329 e. The van der Waals surface area contributed by atoms with E-state index in [9.17, 15) is 0 Å². The molecule has 0 unspecified atom stereocenters. The van der Waals surface area contributed by atoms with Crippen molar-refractivity contribution in [3.05, 3.63) is 107 Å². The molecule has 3 aromatic carbocycles. The van der Waals surface area contributed by atoms with Gasteiger partial charge in [-0.3, -0.25) is 4.90 Å². The summed E-state index contributed by atoms with van der Waals surface area (Å²) in [6.45, 7) is 3.29. The van der Waals surface area contributed by atoms with Crippen molar-refractivity contribution in [1.82, 2.24) is 4.90 Å². The van der Waals surface area contributed by atoms with Gasteiger partial charge in [0.2, 0.25) is 0 Å². The predicted octanol–water partition coefficient (Wildman–Crippen LogP) is 4.93. The van der Waals surface area contributed by atoms with E-state index in [1.165, 1.54) is 16.7 Å². The highest BCUT2D eigenvalue weighted by atomic mass is 35.5. The molecule has 0 fully saturated rings. The van der Waals surface area contributed by atoms with Gasteiger partial charge in [-0.05, 0) is 28.8 Å². The summed E-state index contributed by atoms with van der Waals surface area (Å²) in [5, 5.41) is 0.769. The van der Waals surface area contributed by atoms with Gasteiger partial charge < -0.3 is 5.73 Å². The fourth-order valence-corrected chi connectivity index (χ4v) is 3.42. The van der Waals surface area contributed by atoms with Crippen LogP contribution in [0, 0.1) is 0 Å². The normalized spacial score (nSPS) is 11.2. The van der Waals surface area contributed by atoms with Gasteiger partial charge >= 0.3 is 0 Å². The Hall–Kier alpha value is -2.13. The van der Waals surface area contributed by atoms with Gasteiger partial charge in [-0.1, -0.05) is 84.4 Å². The topological polar surface area (TPSA) is 29.3 Å². The number of hydrogen-bond acceptors (Lipinski definition) is 2. The minimum atomic E-state index is 0.316. The Morgan fingerprint density at radius 3 is 1.81 bits per heavy atom. The Morgan fingerprint density at radius 1 is 0.769 bits per heavy atom. The van der Waals surface area contributed by atoms with Crippen molar-refractivity contribution in [3.63, 3.8) is 0 Å². The molecule has 0 aromatic heterocycles. The van der Waals surface area contributed by atoms with Gasteiger partial charge in [0.25, 0.3) is 0 Å². The molecule has 0 saturated heterocycles.